The molecule has 2 amide bonds. The normalized spacial score (nSPS) is 20.1. The molecular weight excluding hydrogens is 428 g/mol. The lowest BCUT2D eigenvalue weighted by Crippen LogP contribution is -2.49. The minimum Gasteiger partial charge on any atom is -0.363 e. The van der Waals surface area contributed by atoms with E-state index < -0.39 is 0 Å². The molecule has 0 spiro atoms. The zero-order chi connectivity index (χ0) is 23.9. The molecule has 1 saturated carbocycles. The van der Waals surface area contributed by atoms with E-state index in [2.05, 4.69) is 40.2 Å². The second-order valence-electron chi connectivity index (χ2n) is 10.0. The van der Waals surface area contributed by atoms with E-state index in [4.69, 9.17) is 0 Å². The van der Waals surface area contributed by atoms with Gasteiger partial charge in [-0.3, -0.25) is 9.59 Å². The first-order chi connectivity index (χ1) is 16.3. The number of hydrogen-bond acceptors (Lipinski definition) is 5. The first-order valence-electron chi connectivity index (χ1n) is 12.1. The van der Waals surface area contributed by atoms with Crippen molar-refractivity contribution in [2.24, 2.45) is 5.41 Å². The maximum atomic E-state index is 13.1. The van der Waals surface area contributed by atoms with Crippen LogP contribution in [0.15, 0.2) is 42.9 Å². The maximum Gasteiger partial charge on any atom is 0.255 e. The van der Waals surface area contributed by atoms with E-state index in [1.807, 2.05) is 47.4 Å². The Morgan fingerprint density at radius 1 is 1.24 bits per heavy atom. The number of nitrogens with one attached hydrogen (secondary N) is 2. The summed E-state index contributed by atoms with van der Waals surface area (Å²) < 4.78 is 0. The summed E-state index contributed by atoms with van der Waals surface area (Å²) in [6.45, 7) is 5.35. The smallest absolute Gasteiger partial charge is 0.255 e. The molecule has 2 atom stereocenters. The average molecular weight is 461 g/mol. The van der Waals surface area contributed by atoms with Crippen molar-refractivity contribution in [2.45, 2.75) is 51.6 Å². The molecule has 0 radical (unpaired) electrons. The predicted molar refractivity (Wildman–Crippen MR) is 131 cm³/mol. The van der Waals surface area contributed by atoms with Crippen LogP contribution in [-0.4, -0.2) is 62.7 Å². The fourth-order valence-corrected chi connectivity index (χ4v) is 5.04. The summed E-state index contributed by atoms with van der Waals surface area (Å²) in [5.74, 6) is 0.888. The highest BCUT2D eigenvalue weighted by atomic mass is 16.2. The van der Waals surface area contributed by atoms with Crippen LogP contribution in [0, 0.1) is 5.41 Å². The van der Waals surface area contributed by atoms with Crippen LogP contribution in [0.1, 0.15) is 61.5 Å². The Balaban J connectivity index is 1.18. The number of nitrogens with zero attached hydrogens (tertiary/aromatic N) is 4. The first-order valence-corrected chi connectivity index (χ1v) is 12.1. The van der Waals surface area contributed by atoms with Crippen molar-refractivity contribution in [3.63, 3.8) is 0 Å². The van der Waals surface area contributed by atoms with Gasteiger partial charge in [-0.2, -0.15) is 0 Å². The van der Waals surface area contributed by atoms with Crippen LogP contribution in [0.5, 0.6) is 0 Å². The molecule has 178 valence electrons. The molecule has 8 heteroatoms. The number of fused-ring (bicyclic) bond motifs is 1. The molecule has 2 N–H and O–H groups in total. The van der Waals surface area contributed by atoms with Crippen LogP contribution in [0.4, 0.5) is 5.82 Å². The zero-order valence-corrected chi connectivity index (χ0v) is 20.0. The molecule has 1 aliphatic carbocycles. The van der Waals surface area contributed by atoms with Gasteiger partial charge in [-0.15, -0.1) is 0 Å². The Morgan fingerprint density at radius 2 is 2.06 bits per heavy atom. The van der Waals surface area contributed by atoms with E-state index in [9.17, 15) is 9.59 Å². The van der Waals surface area contributed by atoms with Gasteiger partial charge in [0.15, 0.2) is 0 Å². The highest BCUT2D eigenvalue weighted by molar-refractivity contribution is 5.94. The van der Waals surface area contributed by atoms with Crippen molar-refractivity contribution in [3.05, 3.63) is 54.0 Å². The van der Waals surface area contributed by atoms with Crippen molar-refractivity contribution >= 4 is 28.7 Å². The molecule has 0 aromatic carbocycles. The third-order valence-electron chi connectivity index (χ3n) is 7.59. The van der Waals surface area contributed by atoms with Gasteiger partial charge >= 0.3 is 0 Å². The van der Waals surface area contributed by atoms with Gasteiger partial charge in [-0.1, -0.05) is 13.3 Å². The van der Waals surface area contributed by atoms with Gasteiger partial charge in [0, 0.05) is 49.5 Å². The number of likely N-dealkylation sites (tertiary alicyclic amines) is 1. The standard InChI is InChI=1S/C26H32N6O2/c1-17(20-13-18-7-11-27-23(18)29-15-20)30-22-6-5-19(14-28-22)24(33)32-12-8-21(16-32)31(3)25(34)26(2)9-4-10-26/h5-7,11,13-15,17,21H,4,8-10,12,16H2,1-3H3,(H,27,29)(H,28,30)/t17-,21-/m0/s1. The van der Waals surface area contributed by atoms with Crippen LogP contribution >= 0.6 is 0 Å². The fraction of sp³-hybridized carbons (Fsp3) is 0.462. The molecule has 8 nitrogen and oxygen atoms in total. The fourth-order valence-electron chi connectivity index (χ4n) is 5.04. The number of likely N-dealkylation sites (N-methyl/N-ethyl adjacent to an activating group) is 1. The second-order valence-corrected chi connectivity index (χ2v) is 10.0. The van der Waals surface area contributed by atoms with Crippen molar-refractivity contribution in [1.82, 2.24) is 24.8 Å². The summed E-state index contributed by atoms with van der Waals surface area (Å²) in [5, 5.41) is 4.45. The van der Waals surface area contributed by atoms with Gasteiger partial charge in [0.2, 0.25) is 5.91 Å². The number of aromatic nitrogens is 3. The summed E-state index contributed by atoms with van der Waals surface area (Å²) in [6, 6.07) is 7.86. The summed E-state index contributed by atoms with van der Waals surface area (Å²) in [5.41, 5.74) is 2.29. The predicted octanol–water partition coefficient (Wildman–Crippen LogP) is 3.99. The van der Waals surface area contributed by atoms with Gasteiger partial charge < -0.3 is 20.1 Å². The van der Waals surface area contributed by atoms with Gasteiger partial charge in [0.25, 0.3) is 5.91 Å². The van der Waals surface area contributed by atoms with E-state index >= 15 is 0 Å². The van der Waals surface area contributed by atoms with Crippen LogP contribution < -0.4 is 5.32 Å². The van der Waals surface area contributed by atoms with E-state index in [1.54, 1.807) is 6.20 Å². The van der Waals surface area contributed by atoms with Crippen molar-refractivity contribution < 1.29 is 9.59 Å². The topological polar surface area (TPSA) is 94.2 Å². The van der Waals surface area contributed by atoms with Crippen LogP contribution in [0.2, 0.25) is 0 Å². The van der Waals surface area contributed by atoms with Crippen molar-refractivity contribution in [2.75, 3.05) is 25.5 Å². The van der Waals surface area contributed by atoms with Crippen LogP contribution in [0.3, 0.4) is 0 Å². The SMILES string of the molecule is C[C@H](Nc1ccc(C(=O)N2CC[C@H](N(C)C(=O)C3(C)CCC3)C2)cn1)c1cnc2[nH]ccc2c1. The maximum absolute atomic E-state index is 13.1. The van der Waals surface area contributed by atoms with Gasteiger partial charge in [0.05, 0.1) is 17.6 Å². The lowest BCUT2D eigenvalue weighted by molar-refractivity contribution is -0.146. The zero-order valence-electron chi connectivity index (χ0n) is 20.0. The average Bonchev–Trinajstić information content (AvgIpc) is 3.51. The molecule has 0 unspecified atom stereocenters. The molecule has 0 bridgehead atoms. The Bertz CT molecular complexity index is 1200. The second kappa shape index (κ2) is 8.74. The van der Waals surface area contributed by atoms with E-state index in [0.717, 1.165) is 42.3 Å². The number of pyridine rings is 2. The molecule has 2 fully saturated rings. The molecule has 1 saturated heterocycles. The van der Waals surface area contributed by atoms with E-state index in [-0.39, 0.29) is 29.3 Å². The number of anilines is 1. The number of H-pyrrole nitrogens is 1. The minimum absolute atomic E-state index is 0.0193. The number of rotatable bonds is 6. The Labute approximate surface area is 199 Å². The van der Waals surface area contributed by atoms with E-state index in [0.29, 0.717) is 24.5 Å². The molecule has 4 heterocycles. The Hall–Kier alpha value is -3.42. The highest BCUT2D eigenvalue weighted by Gasteiger charge is 2.43. The van der Waals surface area contributed by atoms with Crippen molar-refractivity contribution in [1.29, 1.82) is 0 Å². The highest BCUT2D eigenvalue weighted by Crippen LogP contribution is 2.42. The molecular formula is C26H32N6O2. The van der Waals surface area contributed by atoms with Crippen LogP contribution in [-0.2, 0) is 4.79 Å². The monoisotopic (exact) mass is 460 g/mol. The van der Waals surface area contributed by atoms with Gasteiger partial charge in [-0.25, -0.2) is 9.97 Å². The first kappa shape index (κ1) is 22.4. The number of amides is 2. The molecule has 5 rings (SSSR count). The Morgan fingerprint density at radius 3 is 2.76 bits per heavy atom. The lowest BCUT2D eigenvalue weighted by atomic mass is 9.69. The number of aromatic amines is 1. The van der Waals surface area contributed by atoms with Gasteiger partial charge in [0.1, 0.15) is 11.5 Å². The summed E-state index contributed by atoms with van der Waals surface area (Å²) in [6.07, 6.45) is 9.23. The van der Waals surface area contributed by atoms with Gasteiger partial charge in [-0.05, 0) is 56.0 Å². The number of carbonyl (C=O) groups is 2. The van der Waals surface area contributed by atoms with Crippen LogP contribution in [0.25, 0.3) is 11.0 Å². The quantitative estimate of drug-likeness (QED) is 0.580. The molecule has 1 aliphatic heterocycles. The number of carbonyl (C=O) groups excluding carboxylic acids is 2. The summed E-state index contributed by atoms with van der Waals surface area (Å²) in [7, 11) is 1.89. The molecule has 3 aromatic heterocycles. The molecule has 34 heavy (non-hydrogen) atoms. The summed E-state index contributed by atoms with van der Waals surface area (Å²) in [4.78, 5) is 41.6. The number of hydrogen-bond donors (Lipinski definition) is 2. The lowest BCUT2D eigenvalue weighted by Gasteiger charge is -2.41. The third kappa shape index (κ3) is 4.13. The third-order valence-corrected chi connectivity index (χ3v) is 7.59. The minimum atomic E-state index is -0.209. The Kier molecular flexibility index (Phi) is 5.75. The largest absolute Gasteiger partial charge is 0.363 e. The molecule has 2 aliphatic rings. The van der Waals surface area contributed by atoms with E-state index in [1.165, 1.54) is 0 Å². The van der Waals surface area contributed by atoms with Crippen molar-refractivity contribution in [3.8, 4) is 0 Å². The molecule has 3 aromatic rings. The summed E-state index contributed by atoms with van der Waals surface area (Å²) >= 11 is 0.